The number of piperidine rings is 1. The molecular weight excluding hydrogens is 362 g/mol. The first-order valence-corrected chi connectivity index (χ1v) is 9.60. The summed E-state index contributed by atoms with van der Waals surface area (Å²) in [6.07, 6.45) is 2.25. The Morgan fingerprint density at radius 3 is 2.67 bits per heavy atom. The van der Waals surface area contributed by atoms with Crippen molar-refractivity contribution < 1.29 is 9.59 Å². The topological polar surface area (TPSA) is 52.7 Å². The van der Waals surface area contributed by atoms with Gasteiger partial charge < -0.3 is 15.1 Å². The van der Waals surface area contributed by atoms with E-state index in [4.69, 9.17) is 11.6 Å². The number of halogens is 1. The molecule has 1 N–H and O–H groups in total. The maximum atomic E-state index is 12.6. The van der Waals surface area contributed by atoms with Crippen molar-refractivity contribution in [3.63, 3.8) is 0 Å². The van der Waals surface area contributed by atoms with Gasteiger partial charge in [0.2, 0.25) is 5.91 Å². The lowest BCUT2D eigenvalue weighted by Crippen LogP contribution is -2.40. The molecule has 0 radical (unpaired) electrons. The smallest absolute Gasteiger partial charge is 0.321 e. The highest BCUT2D eigenvalue weighted by molar-refractivity contribution is 6.30. The average molecular weight is 384 g/mol. The van der Waals surface area contributed by atoms with E-state index in [0.717, 1.165) is 47.9 Å². The Labute approximate surface area is 163 Å². The molecule has 3 amide bonds. The summed E-state index contributed by atoms with van der Waals surface area (Å²) in [4.78, 5) is 27.9. The van der Waals surface area contributed by atoms with Gasteiger partial charge >= 0.3 is 6.03 Å². The molecule has 27 heavy (non-hydrogen) atoms. The molecule has 0 spiro atoms. The van der Waals surface area contributed by atoms with Gasteiger partial charge in [-0.1, -0.05) is 23.7 Å². The second kappa shape index (κ2) is 7.24. The van der Waals surface area contributed by atoms with Crippen LogP contribution in [-0.4, -0.2) is 37.0 Å². The van der Waals surface area contributed by atoms with Gasteiger partial charge in [-0.3, -0.25) is 4.79 Å². The number of likely N-dealkylation sites (tertiary alicyclic amines) is 1. The molecule has 2 aromatic carbocycles. The number of likely N-dealkylation sites (N-methyl/N-ethyl adjacent to an activating group) is 1. The van der Waals surface area contributed by atoms with Crippen molar-refractivity contribution in [2.24, 2.45) is 0 Å². The molecule has 2 aliphatic heterocycles. The number of carbonyl (C=O) groups excluding carboxylic acids is 2. The highest BCUT2D eigenvalue weighted by Crippen LogP contribution is 2.31. The van der Waals surface area contributed by atoms with E-state index in [1.807, 2.05) is 41.3 Å². The molecule has 0 aliphatic carbocycles. The number of urea groups is 1. The minimum atomic E-state index is -0.0860. The predicted octanol–water partition coefficient (Wildman–Crippen LogP) is 4.27. The van der Waals surface area contributed by atoms with Crippen LogP contribution < -0.4 is 10.2 Å². The van der Waals surface area contributed by atoms with E-state index in [-0.39, 0.29) is 11.9 Å². The zero-order chi connectivity index (χ0) is 19.0. The van der Waals surface area contributed by atoms with Crippen LogP contribution in [0.3, 0.4) is 0 Å². The van der Waals surface area contributed by atoms with E-state index in [0.29, 0.717) is 12.3 Å². The first-order chi connectivity index (χ1) is 13.0. The van der Waals surface area contributed by atoms with Crippen molar-refractivity contribution in [1.82, 2.24) is 4.90 Å². The van der Waals surface area contributed by atoms with Crippen LogP contribution in [0.15, 0.2) is 42.5 Å². The average Bonchev–Trinajstić information content (AvgIpc) is 2.95. The van der Waals surface area contributed by atoms with Gasteiger partial charge in [0.15, 0.2) is 0 Å². The number of nitrogens with zero attached hydrogens (tertiary/aromatic N) is 2. The maximum absolute atomic E-state index is 12.6. The summed E-state index contributed by atoms with van der Waals surface area (Å²) < 4.78 is 0. The molecule has 0 aromatic heterocycles. The fourth-order valence-corrected chi connectivity index (χ4v) is 4.13. The second-order valence-corrected chi connectivity index (χ2v) is 7.66. The third kappa shape index (κ3) is 3.65. The Morgan fingerprint density at radius 1 is 1.15 bits per heavy atom. The normalized spacial score (nSPS) is 17.2. The molecule has 6 heteroatoms. The minimum absolute atomic E-state index is 0.0802. The van der Waals surface area contributed by atoms with Gasteiger partial charge in [-0.25, -0.2) is 4.79 Å². The standard InChI is InChI=1S/C21H22ClN3O2/c1-24-19-6-5-18(12-16(19)13-20(24)26)23-21(27)25-9-7-14(8-10-25)15-3-2-4-17(22)11-15/h2-6,11-12,14H,7-10,13H2,1H3,(H,23,27). The zero-order valence-corrected chi connectivity index (χ0v) is 16.0. The quantitative estimate of drug-likeness (QED) is 0.841. The highest BCUT2D eigenvalue weighted by atomic mass is 35.5. The molecule has 1 saturated heterocycles. The Kier molecular flexibility index (Phi) is 4.79. The van der Waals surface area contributed by atoms with Crippen LogP contribution >= 0.6 is 11.6 Å². The Balaban J connectivity index is 1.36. The van der Waals surface area contributed by atoms with Crippen LogP contribution in [0.25, 0.3) is 0 Å². The summed E-state index contributed by atoms with van der Waals surface area (Å²) in [7, 11) is 1.77. The molecule has 5 nitrogen and oxygen atoms in total. The van der Waals surface area contributed by atoms with Gasteiger partial charge in [0, 0.05) is 36.5 Å². The van der Waals surface area contributed by atoms with Crippen LogP contribution in [0.1, 0.15) is 29.9 Å². The number of nitrogens with one attached hydrogen (secondary N) is 1. The second-order valence-electron chi connectivity index (χ2n) is 7.22. The van der Waals surface area contributed by atoms with Gasteiger partial charge in [-0.05, 0) is 60.2 Å². The molecule has 4 rings (SSSR count). The molecule has 1 fully saturated rings. The van der Waals surface area contributed by atoms with Crippen LogP contribution in [0.5, 0.6) is 0 Å². The van der Waals surface area contributed by atoms with Crippen molar-refractivity contribution in [1.29, 1.82) is 0 Å². The number of amides is 3. The molecular formula is C21H22ClN3O2. The number of rotatable bonds is 2. The Bertz CT molecular complexity index is 891. The van der Waals surface area contributed by atoms with Crippen molar-refractivity contribution in [3.05, 3.63) is 58.6 Å². The van der Waals surface area contributed by atoms with E-state index < -0.39 is 0 Å². The first-order valence-electron chi connectivity index (χ1n) is 9.22. The summed E-state index contributed by atoms with van der Waals surface area (Å²) in [5, 5.41) is 3.73. The van der Waals surface area contributed by atoms with Crippen molar-refractivity contribution >= 4 is 34.9 Å². The lowest BCUT2D eigenvalue weighted by atomic mass is 9.89. The van der Waals surface area contributed by atoms with Crippen molar-refractivity contribution in [3.8, 4) is 0 Å². The number of benzene rings is 2. The summed E-state index contributed by atoms with van der Waals surface area (Å²) >= 11 is 6.09. The fraction of sp³-hybridized carbons (Fsp3) is 0.333. The van der Waals surface area contributed by atoms with Gasteiger partial charge in [-0.15, -0.1) is 0 Å². The van der Waals surface area contributed by atoms with Crippen LogP contribution in [0.2, 0.25) is 5.02 Å². The van der Waals surface area contributed by atoms with Crippen molar-refractivity contribution in [2.75, 3.05) is 30.4 Å². The number of hydrogen-bond donors (Lipinski definition) is 1. The molecule has 2 heterocycles. The van der Waals surface area contributed by atoms with E-state index >= 15 is 0 Å². The third-order valence-corrected chi connectivity index (χ3v) is 5.75. The van der Waals surface area contributed by atoms with Gasteiger partial charge in [0.1, 0.15) is 0 Å². The first kappa shape index (κ1) is 17.9. The highest BCUT2D eigenvalue weighted by Gasteiger charge is 2.26. The maximum Gasteiger partial charge on any atom is 0.321 e. The summed E-state index contributed by atoms with van der Waals surface area (Å²) in [6, 6.07) is 13.5. The predicted molar refractivity (Wildman–Crippen MR) is 108 cm³/mol. The molecule has 0 atom stereocenters. The van der Waals surface area contributed by atoms with Crippen LogP contribution in [-0.2, 0) is 11.2 Å². The molecule has 0 bridgehead atoms. The van der Waals surface area contributed by atoms with E-state index in [9.17, 15) is 9.59 Å². The van der Waals surface area contributed by atoms with Gasteiger partial charge in [0.05, 0.1) is 6.42 Å². The monoisotopic (exact) mass is 383 g/mol. The minimum Gasteiger partial charge on any atom is -0.324 e. The van der Waals surface area contributed by atoms with E-state index in [1.54, 1.807) is 11.9 Å². The summed E-state index contributed by atoms with van der Waals surface area (Å²) in [5.74, 6) is 0.519. The molecule has 140 valence electrons. The molecule has 0 saturated carbocycles. The summed E-state index contributed by atoms with van der Waals surface area (Å²) in [6.45, 7) is 1.43. The van der Waals surface area contributed by atoms with Crippen LogP contribution in [0.4, 0.5) is 16.2 Å². The number of hydrogen-bond acceptors (Lipinski definition) is 2. The Hall–Kier alpha value is -2.53. The lowest BCUT2D eigenvalue weighted by Gasteiger charge is -2.32. The van der Waals surface area contributed by atoms with Gasteiger partial charge in [-0.2, -0.15) is 0 Å². The van der Waals surface area contributed by atoms with E-state index in [2.05, 4.69) is 11.4 Å². The Morgan fingerprint density at radius 2 is 1.93 bits per heavy atom. The molecule has 0 unspecified atom stereocenters. The summed E-state index contributed by atoms with van der Waals surface area (Å²) in [5.41, 5.74) is 3.86. The zero-order valence-electron chi connectivity index (χ0n) is 15.2. The van der Waals surface area contributed by atoms with E-state index in [1.165, 1.54) is 5.56 Å². The third-order valence-electron chi connectivity index (χ3n) is 5.51. The lowest BCUT2D eigenvalue weighted by molar-refractivity contribution is -0.117. The van der Waals surface area contributed by atoms with Gasteiger partial charge in [0.25, 0.3) is 0 Å². The van der Waals surface area contributed by atoms with Crippen molar-refractivity contribution in [2.45, 2.75) is 25.2 Å². The largest absolute Gasteiger partial charge is 0.324 e. The van der Waals surface area contributed by atoms with Crippen LogP contribution in [0, 0.1) is 0 Å². The SMILES string of the molecule is CN1C(=O)Cc2cc(NC(=O)N3CCC(c4cccc(Cl)c4)CC3)ccc21. The fourth-order valence-electron chi connectivity index (χ4n) is 3.93. The molecule has 2 aromatic rings. The molecule has 2 aliphatic rings. The number of anilines is 2. The number of fused-ring (bicyclic) bond motifs is 1. The number of carbonyl (C=O) groups is 2.